The summed E-state index contributed by atoms with van der Waals surface area (Å²) in [4.78, 5) is 2.52. The number of nitrogens with zero attached hydrogens (tertiary/aromatic N) is 1. The van der Waals surface area contributed by atoms with Crippen LogP contribution in [0, 0.1) is 5.92 Å². The summed E-state index contributed by atoms with van der Waals surface area (Å²) in [5.41, 5.74) is 5.99. The van der Waals surface area contributed by atoms with Crippen LogP contribution in [-0.2, 0) is 0 Å². The van der Waals surface area contributed by atoms with Crippen LogP contribution in [0.5, 0.6) is 0 Å². The van der Waals surface area contributed by atoms with Crippen molar-refractivity contribution >= 4 is 24.2 Å². The molecule has 1 rings (SSSR count). The maximum atomic E-state index is 6.04. The van der Waals surface area contributed by atoms with E-state index < -0.39 is 0 Å². The van der Waals surface area contributed by atoms with E-state index in [1.54, 1.807) is 0 Å². The zero-order chi connectivity index (χ0) is 10.8. The molecular formula is C11H25ClN2S. The topological polar surface area (TPSA) is 29.3 Å². The SMILES string of the molecule is CC(C)C1CN(CC(C)(C)N)CCS1.Cl. The van der Waals surface area contributed by atoms with Crippen LogP contribution in [0.25, 0.3) is 0 Å². The van der Waals surface area contributed by atoms with E-state index in [0.717, 1.165) is 17.7 Å². The molecule has 1 aliphatic rings. The van der Waals surface area contributed by atoms with E-state index in [2.05, 4.69) is 44.4 Å². The van der Waals surface area contributed by atoms with Gasteiger partial charge in [0.05, 0.1) is 0 Å². The third-order valence-electron chi connectivity index (χ3n) is 2.55. The molecule has 0 aromatic rings. The van der Waals surface area contributed by atoms with Gasteiger partial charge in [-0.3, -0.25) is 4.90 Å². The smallest absolute Gasteiger partial charge is 0.0226 e. The molecule has 92 valence electrons. The van der Waals surface area contributed by atoms with Crippen molar-refractivity contribution < 1.29 is 0 Å². The molecule has 1 fully saturated rings. The van der Waals surface area contributed by atoms with Crippen molar-refractivity contribution in [3.63, 3.8) is 0 Å². The molecule has 1 unspecified atom stereocenters. The van der Waals surface area contributed by atoms with Gasteiger partial charge >= 0.3 is 0 Å². The van der Waals surface area contributed by atoms with Crippen molar-refractivity contribution in [3.8, 4) is 0 Å². The van der Waals surface area contributed by atoms with Crippen molar-refractivity contribution in [1.82, 2.24) is 4.90 Å². The Kier molecular flexibility index (Phi) is 6.57. The fraction of sp³-hybridized carbons (Fsp3) is 1.00. The normalized spacial score (nSPS) is 24.0. The minimum absolute atomic E-state index is 0. The second-order valence-electron chi connectivity index (χ2n) is 5.38. The van der Waals surface area contributed by atoms with Gasteiger partial charge in [-0.15, -0.1) is 12.4 Å². The minimum atomic E-state index is -0.0520. The summed E-state index contributed by atoms with van der Waals surface area (Å²) in [7, 11) is 0. The molecule has 2 N–H and O–H groups in total. The predicted molar refractivity (Wildman–Crippen MR) is 73.0 cm³/mol. The first kappa shape index (κ1) is 15.6. The molecule has 2 nitrogen and oxygen atoms in total. The van der Waals surface area contributed by atoms with Crippen molar-refractivity contribution in [2.24, 2.45) is 11.7 Å². The maximum absolute atomic E-state index is 6.04. The molecule has 1 saturated heterocycles. The van der Waals surface area contributed by atoms with E-state index in [4.69, 9.17) is 5.73 Å². The highest BCUT2D eigenvalue weighted by Crippen LogP contribution is 2.25. The van der Waals surface area contributed by atoms with Crippen LogP contribution in [0.15, 0.2) is 0 Å². The van der Waals surface area contributed by atoms with Crippen LogP contribution in [-0.4, -0.2) is 41.1 Å². The summed E-state index contributed by atoms with van der Waals surface area (Å²) in [5.74, 6) is 2.04. The Hall–Kier alpha value is 0.560. The Morgan fingerprint density at radius 2 is 2.07 bits per heavy atom. The van der Waals surface area contributed by atoms with Gasteiger partial charge in [-0.25, -0.2) is 0 Å². The number of hydrogen-bond acceptors (Lipinski definition) is 3. The molecule has 1 aliphatic heterocycles. The summed E-state index contributed by atoms with van der Waals surface area (Å²) in [5, 5.41) is 0.797. The van der Waals surface area contributed by atoms with Crippen molar-refractivity contribution in [3.05, 3.63) is 0 Å². The standard InChI is InChI=1S/C11H24N2S.ClH/c1-9(2)10-7-13(5-6-14-10)8-11(3,4)12;/h9-10H,5-8,12H2,1-4H3;1H. The van der Waals surface area contributed by atoms with Crippen LogP contribution in [0.1, 0.15) is 27.7 Å². The van der Waals surface area contributed by atoms with Crippen LogP contribution in [0.4, 0.5) is 0 Å². The van der Waals surface area contributed by atoms with Gasteiger partial charge in [0.15, 0.2) is 0 Å². The van der Waals surface area contributed by atoms with E-state index >= 15 is 0 Å². The van der Waals surface area contributed by atoms with Crippen molar-refractivity contribution in [2.75, 3.05) is 25.4 Å². The molecule has 4 heteroatoms. The van der Waals surface area contributed by atoms with Gasteiger partial charge in [-0.05, 0) is 19.8 Å². The second kappa shape index (κ2) is 6.33. The molecular weight excluding hydrogens is 228 g/mol. The first-order valence-electron chi connectivity index (χ1n) is 5.51. The number of nitrogens with two attached hydrogens (primary N) is 1. The monoisotopic (exact) mass is 252 g/mol. The predicted octanol–water partition coefficient (Wildman–Crippen LogP) is 2.22. The number of thioether (sulfide) groups is 1. The molecule has 0 aromatic carbocycles. The zero-order valence-corrected chi connectivity index (χ0v) is 12.0. The lowest BCUT2D eigenvalue weighted by atomic mass is 10.1. The van der Waals surface area contributed by atoms with Gasteiger partial charge in [-0.2, -0.15) is 11.8 Å². The van der Waals surface area contributed by atoms with E-state index in [1.807, 2.05) is 0 Å². The lowest BCUT2D eigenvalue weighted by Gasteiger charge is -2.37. The van der Waals surface area contributed by atoms with Crippen LogP contribution in [0.2, 0.25) is 0 Å². The third kappa shape index (κ3) is 6.00. The Bertz CT molecular complexity index is 180. The first-order chi connectivity index (χ1) is 6.38. The zero-order valence-electron chi connectivity index (χ0n) is 10.3. The minimum Gasteiger partial charge on any atom is -0.324 e. The number of hydrogen-bond donors (Lipinski definition) is 1. The average Bonchev–Trinajstić information content (AvgIpc) is 2.01. The van der Waals surface area contributed by atoms with E-state index in [-0.39, 0.29) is 17.9 Å². The molecule has 0 spiro atoms. The van der Waals surface area contributed by atoms with Crippen molar-refractivity contribution in [1.29, 1.82) is 0 Å². The van der Waals surface area contributed by atoms with Gasteiger partial charge in [0, 0.05) is 36.2 Å². The second-order valence-corrected chi connectivity index (χ2v) is 6.72. The molecule has 0 aliphatic carbocycles. The summed E-state index contributed by atoms with van der Waals surface area (Å²) in [6.07, 6.45) is 0. The van der Waals surface area contributed by atoms with Gasteiger partial charge in [0.1, 0.15) is 0 Å². The number of rotatable bonds is 3. The highest BCUT2D eigenvalue weighted by Gasteiger charge is 2.25. The van der Waals surface area contributed by atoms with Crippen molar-refractivity contribution in [2.45, 2.75) is 38.5 Å². The Morgan fingerprint density at radius 1 is 1.47 bits per heavy atom. The lowest BCUT2D eigenvalue weighted by Crippen LogP contribution is -2.50. The summed E-state index contributed by atoms with van der Waals surface area (Å²) >= 11 is 2.12. The largest absolute Gasteiger partial charge is 0.324 e. The molecule has 0 amide bonds. The highest BCUT2D eigenvalue weighted by molar-refractivity contribution is 8.00. The lowest BCUT2D eigenvalue weighted by molar-refractivity contribution is 0.223. The summed E-state index contributed by atoms with van der Waals surface area (Å²) < 4.78 is 0. The third-order valence-corrected chi connectivity index (χ3v) is 4.09. The van der Waals surface area contributed by atoms with Gasteiger partial charge < -0.3 is 5.73 Å². The first-order valence-corrected chi connectivity index (χ1v) is 6.56. The fourth-order valence-corrected chi connectivity index (χ4v) is 3.22. The molecule has 0 radical (unpaired) electrons. The Morgan fingerprint density at radius 3 is 2.53 bits per heavy atom. The highest BCUT2D eigenvalue weighted by atomic mass is 35.5. The van der Waals surface area contributed by atoms with E-state index in [1.165, 1.54) is 18.8 Å². The maximum Gasteiger partial charge on any atom is 0.0226 e. The fourth-order valence-electron chi connectivity index (χ4n) is 1.85. The summed E-state index contributed by atoms with van der Waals surface area (Å²) in [6, 6.07) is 0. The number of halogens is 1. The van der Waals surface area contributed by atoms with Crippen LogP contribution in [0.3, 0.4) is 0 Å². The van der Waals surface area contributed by atoms with Crippen LogP contribution >= 0.6 is 24.2 Å². The Labute approximate surface area is 105 Å². The van der Waals surface area contributed by atoms with E-state index in [0.29, 0.717) is 0 Å². The molecule has 0 saturated carbocycles. The van der Waals surface area contributed by atoms with Gasteiger partial charge in [0.25, 0.3) is 0 Å². The van der Waals surface area contributed by atoms with Crippen LogP contribution < -0.4 is 5.73 Å². The summed E-state index contributed by atoms with van der Waals surface area (Å²) in [6.45, 7) is 12.3. The molecule has 15 heavy (non-hydrogen) atoms. The van der Waals surface area contributed by atoms with Gasteiger partial charge in [-0.1, -0.05) is 13.8 Å². The average molecular weight is 253 g/mol. The molecule has 1 atom stereocenters. The van der Waals surface area contributed by atoms with Gasteiger partial charge in [0.2, 0.25) is 0 Å². The van der Waals surface area contributed by atoms with E-state index in [9.17, 15) is 0 Å². The Balaban J connectivity index is 0.00000196. The molecule has 1 heterocycles. The molecule has 0 bridgehead atoms. The quantitative estimate of drug-likeness (QED) is 0.835. The molecule has 0 aromatic heterocycles.